The number of ether oxygens (including phenoxy) is 1. The molecule has 1 heterocycles. The van der Waals surface area contributed by atoms with Crippen LogP contribution in [0.3, 0.4) is 0 Å². The number of esters is 1. The number of piperidine rings is 1. The number of amides is 1. The fourth-order valence-electron chi connectivity index (χ4n) is 2.86. The Kier molecular flexibility index (Phi) is 7.38. The summed E-state index contributed by atoms with van der Waals surface area (Å²) in [4.78, 5) is 24.2. The summed E-state index contributed by atoms with van der Waals surface area (Å²) in [7, 11) is -3.64. The lowest BCUT2D eigenvalue weighted by atomic mass is 10.1. The first-order valence-corrected chi connectivity index (χ1v) is 10.8. The van der Waals surface area contributed by atoms with Gasteiger partial charge in [0.15, 0.2) is 6.61 Å². The van der Waals surface area contributed by atoms with Gasteiger partial charge in [0, 0.05) is 19.1 Å². The van der Waals surface area contributed by atoms with Crippen LogP contribution in [0.5, 0.6) is 0 Å². The van der Waals surface area contributed by atoms with Crippen LogP contribution >= 0.6 is 0 Å². The molecule has 0 aliphatic carbocycles. The lowest BCUT2D eigenvalue weighted by Crippen LogP contribution is -2.36. The normalized spacial score (nSPS) is 16.6. The maximum atomic E-state index is 12.8. The molecule has 150 valence electrons. The molecular formula is C19H28N2O5S. The molecule has 8 heteroatoms. The maximum Gasteiger partial charge on any atom is 0.338 e. The molecule has 2 rings (SSSR count). The molecule has 1 aromatic rings. The zero-order chi connectivity index (χ0) is 20.0. The van der Waals surface area contributed by atoms with E-state index in [0.717, 1.165) is 25.7 Å². The van der Waals surface area contributed by atoms with Gasteiger partial charge in [0.05, 0.1) is 10.5 Å². The van der Waals surface area contributed by atoms with E-state index in [-0.39, 0.29) is 22.4 Å². The van der Waals surface area contributed by atoms with Gasteiger partial charge in [-0.3, -0.25) is 4.79 Å². The van der Waals surface area contributed by atoms with Gasteiger partial charge < -0.3 is 10.1 Å². The molecule has 1 aliphatic heterocycles. The smallest absolute Gasteiger partial charge is 0.338 e. The monoisotopic (exact) mass is 396 g/mol. The lowest BCUT2D eigenvalue weighted by Gasteiger charge is -2.26. The van der Waals surface area contributed by atoms with Gasteiger partial charge >= 0.3 is 5.97 Å². The van der Waals surface area contributed by atoms with E-state index in [1.54, 1.807) is 13.0 Å². The average Bonchev–Trinajstić information content (AvgIpc) is 2.66. The van der Waals surface area contributed by atoms with E-state index in [1.807, 2.05) is 13.8 Å². The van der Waals surface area contributed by atoms with Gasteiger partial charge in [-0.25, -0.2) is 13.2 Å². The number of benzene rings is 1. The number of hydrogen-bond acceptors (Lipinski definition) is 5. The van der Waals surface area contributed by atoms with Gasteiger partial charge in [0.1, 0.15) is 0 Å². The number of sulfonamides is 1. The fraction of sp³-hybridized carbons (Fsp3) is 0.579. The maximum absolute atomic E-state index is 12.8. The van der Waals surface area contributed by atoms with Crippen molar-refractivity contribution in [3.63, 3.8) is 0 Å². The highest BCUT2D eigenvalue weighted by Crippen LogP contribution is 2.23. The third kappa shape index (κ3) is 5.52. The summed E-state index contributed by atoms with van der Waals surface area (Å²) in [5.74, 6) is -1.09. The summed E-state index contributed by atoms with van der Waals surface area (Å²) < 4.78 is 32.1. The Morgan fingerprint density at radius 3 is 2.52 bits per heavy atom. The molecule has 1 saturated heterocycles. The number of nitrogens with zero attached hydrogens (tertiary/aromatic N) is 1. The second-order valence-corrected chi connectivity index (χ2v) is 8.83. The van der Waals surface area contributed by atoms with Crippen LogP contribution in [-0.4, -0.2) is 50.3 Å². The van der Waals surface area contributed by atoms with Crippen molar-refractivity contribution in [2.24, 2.45) is 0 Å². The number of nitrogens with one attached hydrogen (secondary N) is 1. The van der Waals surface area contributed by atoms with Gasteiger partial charge in [-0.2, -0.15) is 4.31 Å². The van der Waals surface area contributed by atoms with Crippen molar-refractivity contribution in [2.75, 3.05) is 19.7 Å². The number of hydrogen-bond donors (Lipinski definition) is 1. The largest absolute Gasteiger partial charge is 0.452 e. The Morgan fingerprint density at radius 2 is 1.89 bits per heavy atom. The molecular weight excluding hydrogens is 368 g/mol. The molecule has 0 saturated carbocycles. The summed E-state index contributed by atoms with van der Waals surface area (Å²) >= 11 is 0. The molecule has 0 bridgehead atoms. The molecule has 7 nitrogen and oxygen atoms in total. The molecule has 0 unspecified atom stereocenters. The van der Waals surface area contributed by atoms with Crippen molar-refractivity contribution >= 4 is 21.9 Å². The second kappa shape index (κ2) is 9.32. The molecule has 0 spiro atoms. The topological polar surface area (TPSA) is 92.8 Å². The van der Waals surface area contributed by atoms with Gasteiger partial charge in [-0.05, 0) is 50.8 Å². The predicted molar refractivity (Wildman–Crippen MR) is 102 cm³/mol. The Balaban J connectivity index is 2.12. The summed E-state index contributed by atoms with van der Waals surface area (Å²) in [5, 5.41) is 2.71. The zero-order valence-electron chi connectivity index (χ0n) is 16.2. The summed E-state index contributed by atoms with van der Waals surface area (Å²) in [6.07, 6.45) is 3.47. The zero-order valence-corrected chi connectivity index (χ0v) is 17.0. The van der Waals surface area contributed by atoms with Crippen molar-refractivity contribution < 1.29 is 22.7 Å². The van der Waals surface area contributed by atoms with Crippen LogP contribution in [0.25, 0.3) is 0 Å². The van der Waals surface area contributed by atoms with Crippen LogP contribution in [0, 0.1) is 6.92 Å². The Morgan fingerprint density at radius 1 is 1.22 bits per heavy atom. The highest BCUT2D eigenvalue weighted by Gasteiger charge is 2.27. The molecule has 1 fully saturated rings. The minimum absolute atomic E-state index is 0.00375. The molecule has 0 aromatic heterocycles. The van der Waals surface area contributed by atoms with Crippen molar-refractivity contribution in [3.05, 3.63) is 29.3 Å². The minimum atomic E-state index is -3.64. The first-order valence-electron chi connectivity index (χ1n) is 9.33. The highest BCUT2D eigenvalue weighted by molar-refractivity contribution is 7.89. The van der Waals surface area contributed by atoms with Crippen LogP contribution < -0.4 is 5.32 Å². The molecule has 1 atom stereocenters. The van der Waals surface area contributed by atoms with E-state index < -0.39 is 22.6 Å². The standard InChI is InChI=1S/C19H28N2O5S/c1-4-15(3)20-18(22)13-26-19(23)17-12-16(9-8-14(17)2)27(24,25)21-10-6-5-7-11-21/h8-9,12,15H,4-7,10-11,13H2,1-3H3,(H,20,22)/t15-/m0/s1. The molecule has 1 amide bonds. The van der Waals surface area contributed by atoms with Gasteiger partial charge in [0.25, 0.3) is 5.91 Å². The van der Waals surface area contributed by atoms with E-state index in [4.69, 9.17) is 4.74 Å². The first-order chi connectivity index (χ1) is 12.8. The second-order valence-electron chi connectivity index (χ2n) is 6.89. The van der Waals surface area contributed by atoms with Crippen LogP contribution in [0.4, 0.5) is 0 Å². The van der Waals surface area contributed by atoms with Crippen molar-refractivity contribution in [3.8, 4) is 0 Å². The summed E-state index contributed by atoms with van der Waals surface area (Å²) in [5.41, 5.74) is 0.754. The Labute approximate surface area is 161 Å². The third-order valence-corrected chi connectivity index (χ3v) is 6.63. The van der Waals surface area contributed by atoms with Crippen LogP contribution in [0.2, 0.25) is 0 Å². The van der Waals surface area contributed by atoms with E-state index in [9.17, 15) is 18.0 Å². The number of carbonyl (C=O) groups excluding carboxylic acids is 2. The molecule has 1 N–H and O–H groups in total. The lowest BCUT2D eigenvalue weighted by molar-refractivity contribution is -0.124. The van der Waals surface area contributed by atoms with Crippen molar-refractivity contribution in [1.29, 1.82) is 0 Å². The molecule has 1 aliphatic rings. The quantitative estimate of drug-likeness (QED) is 0.714. The van der Waals surface area contributed by atoms with E-state index in [0.29, 0.717) is 18.7 Å². The molecule has 1 aromatic carbocycles. The van der Waals surface area contributed by atoms with Gasteiger partial charge in [-0.15, -0.1) is 0 Å². The van der Waals surface area contributed by atoms with Crippen molar-refractivity contribution in [2.45, 2.75) is 57.4 Å². The van der Waals surface area contributed by atoms with Gasteiger partial charge in [-0.1, -0.05) is 19.4 Å². The van der Waals surface area contributed by atoms with Crippen molar-refractivity contribution in [1.82, 2.24) is 9.62 Å². The predicted octanol–water partition coefficient (Wildman–Crippen LogP) is 2.24. The fourth-order valence-corrected chi connectivity index (χ4v) is 4.41. The molecule has 27 heavy (non-hydrogen) atoms. The van der Waals surface area contributed by atoms with E-state index in [2.05, 4.69) is 5.32 Å². The Bertz CT molecular complexity index is 785. The third-order valence-electron chi connectivity index (χ3n) is 4.74. The van der Waals surface area contributed by atoms with E-state index >= 15 is 0 Å². The first kappa shape index (κ1) is 21.4. The summed E-state index contributed by atoms with van der Waals surface area (Å²) in [6.45, 7) is 6.09. The van der Waals surface area contributed by atoms with Crippen LogP contribution in [0.1, 0.15) is 55.5 Å². The van der Waals surface area contributed by atoms with Crippen LogP contribution in [-0.2, 0) is 19.6 Å². The van der Waals surface area contributed by atoms with Gasteiger partial charge in [0.2, 0.25) is 10.0 Å². The highest BCUT2D eigenvalue weighted by atomic mass is 32.2. The van der Waals surface area contributed by atoms with E-state index in [1.165, 1.54) is 16.4 Å². The number of carbonyl (C=O) groups is 2. The summed E-state index contributed by atoms with van der Waals surface area (Å²) in [6, 6.07) is 4.43. The van der Waals surface area contributed by atoms with Crippen LogP contribution in [0.15, 0.2) is 23.1 Å². The average molecular weight is 397 g/mol. The Hall–Kier alpha value is -1.93. The number of rotatable bonds is 7. The SMILES string of the molecule is CC[C@H](C)NC(=O)COC(=O)c1cc(S(=O)(=O)N2CCCCC2)ccc1C. The number of aryl methyl sites for hydroxylation is 1. The molecule has 0 radical (unpaired) electrons. The minimum Gasteiger partial charge on any atom is -0.452 e.